The summed E-state index contributed by atoms with van der Waals surface area (Å²) in [6, 6.07) is 11.5. The molecule has 27 heavy (non-hydrogen) atoms. The highest BCUT2D eigenvalue weighted by atomic mass is 19.1. The van der Waals surface area contributed by atoms with E-state index in [0.717, 1.165) is 11.1 Å². The smallest absolute Gasteiger partial charge is 0.331 e. The number of nitrogens with one attached hydrogen (secondary N) is 1. The number of halogens is 1. The number of rotatable bonds is 8. The Labute approximate surface area is 157 Å². The van der Waals surface area contributed by atoms with Crippen LogP contribution in [0.15, 0.2) is 61.2 Å². The molecule has 1 amide bonds. The van der Waals surface area contributed by atoms with Crippen molar-refractivity contribution >= 4 is 23.6 Å². The number of amides is 1. The molecule has 2 aromatic carbocycles. The van der Waals surface area contributed by atoms with Crippen molar-refractivity contribution in [3.63, 3.8) is 0 Å². The van der Waals surface area contributed by atoms with E-state index in [4.69, 9.17) is 9.47 Å². The lowest BCUT2D eigenvalue weighted by Crippen LogP contribution is -2.20. The Balaban J connectivity index is 1.80. The van der Waals surface area contributed by atoms with E-state index in [1.807, 2.05) is 0 Å². The van der Waals surface area contributed by atoms with Crippen molar-refractivity contribution in [3.8, 4) is 5.75 Å². The van der Waals surface area contributed by atoms with Crippen LogP contribution in [0.4, 0.5) is 10.1 Å². The maximum Gasteiger partial charge on any atom is 0.331 e. The van der Waals surface area contributed by atoms with Gasteiger partial charge in [-0.05, 0) is 48.4 Å². The van der Waals surface area contributed by atoms with Crippen molar-refractivity contribution in [2.45, 2.75) is 6.92 Å². The number of carbonyl (C=O) groups is 2. The minimum Gasteiger partial charge on any atom is -0.490 e. The van der Waals surface area contributed by atoms with Crippen LogP contribution in [-0.2, 0) is 14.3 Å². The molecule has 0 saturated carbocycles. The number of hydrogen-bond donors (Lipinski definition) is 1. The van der Waals surface area contributed by atoms with Crippen LogP contribution in [-0.4, -0.2) is 25.1 Å². The lowest BCUT2D eigenvalue weighted by atomic mass is 10.2. The van der Waals surface area contributed by atoms with Crippen LogP contribution in [0.25, 0.3) is 6.08 Å². The summed E-state index contributed by atoms with van der Waals surface area (Å²) in [6.07, 6.45) is 4.41. The predicted molar refractivity (Wildman–Crippen MR) is 102 cm³/mol. The molecule has 0 aliphatic carbocycles. The van der Waals surface area contributed by atoms with Crippen LogP contribution in [0.1, 0.15) is 11.1 Å². The molecule has 1 N–H and O–H groups in total. The van der Waals surface area contributed by atoms with Crippen LogP contribution in [0.3, 0.4) is 0 Å². The fourth-order valence-corrected chi connectivity index (χ4v) is 2.09. The van der Waals surface area contributed by atoms with Crippen molar-refractivity contribution < 1.29 is 23.5 Å². The third kappa shape index (κ3) is 6.78. The monoisotopic (exact) mass is 369 g/mol. The predicted octanol–water partition coefficient (Wildman–Crippen LogP) is 3.89. The van der Waals surface area contributed by atoms with Gasteiger partial charge in [-0.15, -0.1) is 0 Å². The van der Waals surface area contributed by atoms with Gasteiger partial charge in [0.15, 0.2) is 6.61 Å². The van der Waals surface area contributed by atoms with Gasteiger partial charge in [0, 0.05) is 6.08 Å². The van der Waals surface area contributed by atoms with Crippen molar-refractivity contribution in [2.75, 3.05) is 18.5 Å². The largest absolute Gasteiger partial charge is 0.490 e. The molecule has 0 atom stereocenters. The highest BCUT2D eigenvalue weighted by molar-refractivity contribution is 5.94. The highest BCUT2D eigenvalue weighted by Crippen LogP contribution is 2.15. The minimum absolute atomic E-state index is 0.0379. The van der Waals surface area contributed by atoms with Gasteiger partial charge in [0.1, 0.15) is 18.2 Å². The summed E-state index contributed by atoms with van der Waals surface area (Å²) >= 11 is 0. The van der Waals surface area contributed by atoms with E-state index in [9.17, 15) is 14.0 Å². The summed E-state index contributed by atoms with van der Waals surface area (Å²) in [6.45, 7) is 5.21. The SMILES string of the molecule is C=CCOc1ccc(/C=C/C(=O)OCC(=O)Nc2ccc(C)cc2F)cc1. The molecule has 0 unspecified atom stereocenters. The molecular formula is C21H20FNO4. The molecule has 2 rings (SSSR count). The summed E-state index contributed by atoms with van der Waals surface area (Å²) in [4.78, 5) is 23.4. The van der Waals surface area contributed by atoms with Crippen molar-refractivity contribution in [1.82, 2.24) is 0 Å². The van der Waals surface area contributed by atoms with E-state index in [0.29, 0.717) is 12.4 Å². The Morgan fingerprint density at radius 2 is 1.93 bits per heavy atom. The third-order valence-electron chi connectivity index (χ3n) is 3.40. The zero-order valence-corrected chi connectivity index (χ0v) is 14.9. The molecule has 0 radical (unpaired) electrons. The quantitative estimate of drug-likeness (QED) is 0.436. The third-order valence-corrected chi connectivity index (χ3v) is 3.40. The van der Waals surface area contributed by atoms with Gasteiger partial charge in [-0.2, -0.15) is 0 Å². The fourth-order valence-electron chi connectivity index (χ4n) is 2.09. The Morgan fingerprint density at radius 1 is 1.19 bits per heavy atom. The summed E-state index contributed by atoms with van der Waals surface area (Å²) in [5.74, 6) is -1.16. The topological polar surface area (TPSA) is 64.6 Å². The first-order valence-corrected chi connectivity index (χ1v) is 8.22. The van der Waals surface area contributed by atoms with E-state index in [1.165, 1.54) is 18.2 Å². The van der Waals surface area contributed by atoms with E-state index < -0.39 is 24.3 Å². The summed E-state index contributed by atoms with van der Waals surface area (Å²) in [5, 5.41) is 2.35. The van der Waals surface area contributed by atoms with Gasteiger partial charge in [-0.25, -0.2) is 9.18 Å². The van der Waals surface area contributed by atoms with E-state index in [-0.39, 0.29) is 5.69 Å². The molecule has 2 aromatic rings. The summed E-state index contributed by atoms with van der Waals surface area (Å²) in [7, 11) is 0. The maximum absolute atomic E-state index is 13.7. The van der Waals surface area contributed by atoms with Crippen LogP contribution >= 0.6 is 0 Å². The van der Waals surface area contributed by atoms with E-state index >= 15 is 0 Å². The normalized spacial score (nSPS) is 10.4. The average Bonchev–Trinajstić information content (AvgIpc) is 2.66. The number of benzene rings is 2. The Morgan fingerprint density at radius 3 is 2.59 bits per heavy atom. The minimum atomic E-state index is -0.679. The second kappa shape index (κ2) is 9.91. The molecule has 0 aromatic heterocycles. The van der Waals surface area contributed by atoms with Crippen LogP contribution in [0.2, 0.25) is 0 Å². The average molecular weight is 369 g/mol. The number of esters is 1. The number of ether oxygens (including phenoxy) is 2. The van der Waals surface area contributed by atoms with E-state index in [1.54, 1.807) is 49.4 Å². The first-order chi connectivity index (χ1) is 13.0. The first-order valence-electron chi connectivity index (χ1n) is 8.22. The molecule has 0 fully saturated rings. The number of aryl methyl sites for hydroxylation is 1. The van der Waals surface area contributed by atoms with Crippen molar-refractivity contribution in [3.05, 3.63) is 78.1 Å². The number of anilines is 1. The highest BCUT2D eigenvalue weighted by Gasteiger charge is 2.09. The molecule has 0 saturated heterocycles. The molecule has 5 nitrogen and oxygen atoms in total. The van der Waals surface area contributed by atoms with Crippen molar-refractivity contribution in [2.24, 2.45) is 0 Å². The summed E-state index contributed by atoms with van der Waals surface area (Å²) < 4.78 is 23.9. The van der Waals surface area contributed by atoms with Gasteiger partial charge in [0.05, 0.1) is 5.69 Å². The van der Waals surface area contributed by atoms with Gasteiger partial charge < -0.3 is 14.8 Å². The second-order valence-corrected chi connectivity index (χ2v) is 5.64. The molecule has 6 heteroatoms. The Bertz CT molecular complexity index is 844. The molecule has 0 heterocycles. The molecule has 0 bridgehead atoms. The fraction of sp³-hybridized carbons (Fsp3) is 0.143. The van der Waals surface area contributed by atoms with Crippen LogP contribution in [0.5, 0.6) is 5.75 Å². The number of carbonyl (C=O) groups excluding carboxylic acids is 2. The van der Waals surface area contributed by atoms with E-state index in [2.05, 4.69) is 11.9 Å². The lowest BCUT2D eigenvalue weighted by Gasteiger charge is -2.07. The first kappa shape index (κ1) is 19.9. The molecule has 0 spiro atoms. The van der Waals surface area contributed by atoms with Gasteiger partial charge in [0.25, 0.3) is 5.91 Å². The molecule has 0 aliphatic rings. The molecular weight excluding hydrogens is 349 g/mol. The van der Waals surface area contributed by atoms with Crippen molar-refractivity contribution in [1.29, 1.82) is 0 Å². The van der Waals surface area contributed by atoms with Crippen LogP contribution < -0.4 is 10.1 Å². The van der Waals surface area contributed by atoms with Gasteiger partial charge in [-0.1, -0.05) is 30.9 Å². The Kier molecular flexibility index (Phi) is 7.31. The zero-order chi connectivity index (χ0) is 19.6. The zero-order valence-electron chi connectivity index (χ0n) is 14.9. The lowest BCUT2D eigenvalue weighted by molar-refractivity contribution is -0.142. The molecule has 0 aliphatic heterocycles. The van der Waals surface area contributed by atoms with Gasteiger partial charge >= 0.3 is 5.97 Å². The van der Waals surface area contributed by atoms with Gasteiger partial charge in [-0.3, -0.25) is 4.79 Å². The van der Waals surface area contributed by atoms with Gasteiger partial charge in [0.2, 0.25) is 0 Å². The van der Waals surface area contributed by atoms with Crippen LogP contribution in [0, 0.1) is 12.7 Å². The number of hydrogen-bond acceptors (Lipinski definition) is 4. The molecule has 140 valence electrons. The maximum atomic E-state index is 13.7. The standard InChI is InChI=1S/C21H20FNO4/c1-3-12-26-17-8-5-16(6-9-17)7-11-21(25)27-14-20(24)23-19-10-4-15(2)13-18(19)22/h3-11,13H,1,12,14H2,2H3,(H,23,24)/b11-7+. The summed E-state index contributed by atoms with van der Waals surface area (Å²) in [5.41, 5.74) is 1.54. The second-order valence-electron chi connectivity index (χ2n) is 5.64. The Hall–Kier alpha value is -3.41.